The Morgan fingerprint density at radius 2 is 1.86 bits per heavy atom. The van der Waals surface area contributed by atoms with E-state index in [2.05, 4.69) is 26.0 Å². The summed E-state index contributed by atoms with van der Waals surface area (Å²) in [6, 6.07) is 16.4. The first-order chi connectivity index (χ1) is 14.2. The van der Waals surface area contributed by atoms with E-state index in [1.54, 1.807) is 37.5 Å². The lowest BCUT2D eigenvalue weighted by Gasteiger charge is -2.04. The average Bonchev–Trinajstić information content (AvgIpc) is 3.24. The number of methoxy groups -OCH3 is 1. The van der Waals surface area contributed by atoms with E-state index >= 15 is 0 Å². The van der Waals surface area contributed by atoms with Gasteiger partial charge in [-0.25, -0.2) is 0 Å². The van der Waals surface area contributed by atoms with Gasteiger partial charge in [0.2, 0.25) is 5.91 Å². The zero-order valence-electron chi connectivity index (χ0n) is 15.8. The fraction of sp³-hybridized carbons (Fsp3) is 0.150. The highest BCUT2D eigenvalue weighted by Crippen LogP contribution is 2.12. The third kappa shape index (κ3) is 5.81. The second kappa shape index (κ2) is 9.90. The van der Waals surface area contributed by atoms with Crippen molar-refractivity contribution in [3.63, 3.8) is 0 Å². The molecule has 3 aromatic rings. The summed E-state index contributed by atoms with van der Waals surface area (Å²) in [5.74, 6) is -0.706. The highest BCUT2D eigenvalue weighted by molar-refractivity contribution is 6.01. The number of anilines is 1. The molecule has 0 atom stereocenters. The summed E-state index contributed by atoms with van der Waals surface area (Å²) in [4.78, 5) is 25.2. The van der Waals surface area contributed by atoms with Crippen molar-refractivity contribution in [1.29, 1.82) is 0 Å². The maximum absolute atomic E-state index is 12.0. The smallest absolute Gasteiger partial charge is 0.292 e. The van der Waals surface area contributed by atoms with Crippen LogP contribution in [0.1, 0.15) is 16.2 Å². The molecular formula is C20H20N6O3. The van der Waals surface area contributed by atoms with Crippen LogP contribution in [0.25, 0.3) is 11.8 Å². The molecule has 2 amide bonds. The normalized spacial score (nSPS) is 10.8. The van der Waals surface area contributed by atoms with Crippen molar-refractivity contribution in [2.75, 3.05) is 25.6 Å². The Labute approximate surface area is 167 Å². The lowest BCUT2D eigenvalue weighted by Crippen LogP contribution is -2.28. The Morgan fingerprint density at radius 3 is 2.59 bits per heavy atom. The molecule has 0 bridgehead atoms. The van der Waals surface area contributed by atoms with Gasteiger partial charge in [-0.3, -0.25) is 9.59 Å². The Kier molecular flexibility index (Phi) is 6.80. The van der Waals surface area contributed by atoms with Gasteiger partial charge >= 0.3 is 0 Å². The van der Waals surface area contributed by atoms with E-state index < -0.39 is 5.91 Å². The van der Waals surface area contributed by atoms with Crippen LogP contribution in [-0.4, -0.2) is 52.3 Å². The molecule has 0 aliphatic carbocycles. The minimum atomic E-state index is -0.428. The minimum absolute atomic E-state index is 0.0375. The molecule has 9 heteroatoms. The van der Waals surface area contributed by atoms with Crippen molar-refractivity contribution in [3.05, 3.63) is 72.1 Å². The average molecular weight is 392 g/mol. The summed E-state index contributed by atoms with van der Waals surface area (Å²) in [5.41, 5.74) is 2.16. The van der Waals surface area contributed by atoms with Gasteiger partial charge in [-0.2, -0.15) is 0 Å². The van der Waals surface area contributed by atoms with Crippen molar-refractivity contribution in [2.24, 2.45) is 0 Å². The fourth-order valence-corrected chi connectivity index (χ4v) is 2.36. The summed E-state index contributed by atoms with van der Waals surface area (Å²) >= 11 is 0. The lowest BCUT2D eigenvalue weighted by molar-refractivity contribution is -0.111. The number of hydrogen-bond acceptors (Lipinski definition) is 6. The van der Waals surface area contributed by atoms with E-state index in [1.807, 2.05) is 30.3 Å². The third-order valence-corrected chi connectivity index (χ3v) is 3.80. The molecule has 0 aliphatic heterocycles. The molecule has 0 saturated heterocycles. The van der Waals surface area contributed by atoms with Crippen LogP contribution in [0.4, 0.5) is 5.69 Å². The van der Waals surface area contributed by atoms with Crippen molar-refractivity contribution in [1.82, 2.24) is 25.5 Å². The van der Waals surface area contributed by atoms with Crippen LogP contribution in [0, 0.1) is 0 Å². The van der Waals surface area contributed by atoms with Crippen molar-refractivity contribution < 1.29 is 14.3 Å². The molecule has 9 nitrogen and oxygen atoms in total. The quantitative estimate of drug-likeness (QED) is 0.446. The number of rotatable bonds is 8. The predicted octanol–water partition coefficient (Wildman–Crippen LogP) is 1.69. The van der Waals surface area contributed by atoms with Gasteiger partial charge in [-0.05, 0) is 41.1 Å². The molecule has 0 fully saturated rings. The van der Waals surface area contributed by atoms with E-state index in [4.69, 9.17) is 4.74 Å². The minimum Gasteiger partial charge on any atom is -0.383 e. The van der Waals surface area contributed by atoms with Crippen LogP contribution in [0.2, 0.25) is 0 Å². The Balaban J connectivity index is 1.58. The summed E-state index contributed by atoms with van der Waals surface area (Å²) < 4.78 is 4.87. The van der Waals surface area contributed by atoms with E-state index in [9.17, 15) is 9.59 Å². The molecule has 1 aromatic heterocycles. The first-order valence-corrected chi connectivity index (χ1v) is 8.87. The molecule has 2 N–H and O–H groups in total. The first-order valence-electron chi connectivity index (χ1n) is 8.87. The van der Waals surface area contributed by atoms with Crippen molar-refractivity contribution in [2.45, 2.75) is 0 Å². The second-order valence-corrected chi connectivity index (χ2v) is 5.93. The Morgan fingerprint density at radius 1 is 1.10 bits per heavy atom. The van der Waals surface area contributed by atoms with Gasteiger partial charge in [0, 0.05) is 25.4 Å². The maximum atomic E-state index is 12.0. The number of amides is 2. The number of aromatic nitrogens is 4. The summed E-state index contributed by atoms with van der Waals surface area (Å²) in [6.07, 6.45) is 3.21. The number of nitrogens with zero attached hydrogens (tertiary/aromatic N) is 4. The van der Waals surface area contributed by atoms with Gasteiger partial charge in [0.15, 0.2) is 0 Å². The lowest BCUT2D eigenvalue weighted by atomic mass is 10.2. The number of carbonyl (C=O) groups excluding carboxylic acids is 2. The number of hydrogen-bond donors (Lipinski definition) is 2. The van der Waals surface area contributed by atoms with Gasteiger partial charge in [0.1, 0.15) is 0 Å². The summed E-state index contributed by atoms with van der Waals surface area (Å²) in [5, 5.41) is 17.1. The van der Waals surface area contributed by atoms with Crippen molar-refractivity contribution in [3.8, 4) is 5.69 Å². The Hall–Kier alpha value is -3.85. The molecular weight excluding hydrogens is 372 g/mol. The molecule has 2 aromatic carbocycles. The number of nitrogens with one attached hydrogen (secondary N) is 2. The maximum Gasteiger partial charge on any atom is 0.292 e. The van der Waals surface area contributed by atoms with Gasteiger partial charge in [0.25, 0.3) is 11.7 Å². The molecule has 0 spiro atoms. The Bertz CT molecular complexity index is 983. The molecule has 29 heavy (non-hydrogen) atoms. The SMILES string of the molecule is COCCNC(=O)c1nnn(-c2ccc(NC(=O)/C=C/c3ccccc3)cc2)n1. The van der Waals surface area contributed by atoms with Gasteiger partial charge in [-0.1, -0.05) is 30.3 Å². The van der Waals surface area contributed by atoms with Crippen LogP contribution in [0.5, 0.6) is 0 Å². The zero-order valence-corrected chi connectivity index (χ0v) is 15.8. The molecule has 1 heterocycles. The van der Waals surface area contributed by atoms with E-state index in [-0.39, 0.29) is 11.7 Å². The number of benzene rings is 2. The van der Waals surface area contributed by atoms with Crippen LogP contribution in [0.15, 0.2) is 60.7 Å². The molecule has 0 radical (unpaired) electrons. The van der Waals surface area contributed by atoms with Crippen LogP contribution >= 0.6 is 0 Å². The van der Waals surface area contributed by atoms with Gasteiger partial charge in [-0.15, -0.1) is 15.0 Å². The third-order valence-electron chi connectivity index (χ3n) is 3.80. The van der Waals surface area contributed by atoms with Gasteiger partial charge < -0.3 is 15.4 Å². The van der Waals surface area contributed by atoms with Crippen LogP contribution in [0.3, 0.4) is 0 Å². The highest BCUT2D eigenvalue weighted by atomic mass is 16.5. The van der Waals surface area contributed by atoms with Gasteiger partial charge in [0.05, 0.1) is 12.3 Å². The summed E-state index contributed by atoms with van der Waals surface area (Å²) in [6.45, 7) is 0.755. The largest absolute Gasteiger partial charge is 0.383 e. The predicted molar refractivity (Wildman–Crippen MR) is 107 cm³/mol. The van der Waals surface area contributed by atoms with E-state index in [0.29, 0.717) is 24.5 Å². The molecule has 0 saturated carbocycles. The van der Waals surface area contributed by atoms with E-state index in [0.717, 1.165) is 5.56 Å². The topological polar surface area (TPSA) is 111 Å². The van der Waals surface area contributed by atoms with Crippen LogP contribution in [-0.2, 0) is 9.53 Å². The standard InChI is InChI=1S/C20H20N6O3/c1-29-14-13-21-20(28)19-23-25-26(24-19)17-10-8-16(9-11-17)22-18(27)12-7-15-5-3-2-4-6-15/h2-12H,13-14H2,1H3,(H,21,28)(H,22,27)/b12-7+. The molecule has 148 valence electrons. The van der Waals surface area contributed by atoms with E-state index in [1.165, 1.54) is 10.9 Å². The molecule has 0 aliphatic rings. The van der Waals surface area contributed by atoms with Crippen LogP contribution < -0.4 is 10.6 Å². The molecule has 0 unspecified atom stereocenters. The van der Waals surface area contributed by atoms with Crippen molar-refractivity contribution >= 4 is 23.6 Å². The summed E-state index contributed by atoms with van der Waals surface area (Å²) in [7, 11) is 1.55. The number of ether oxygens (including phenoxy) is 1. The molecule has 3 rings (SSSR count). The number of carbonyl (C=O) groups is 2. The highest BCUT2D eigenvalue weighted by Gasteiger charge is 2.13. The monoisotopic (exact) mass is 392 g/mol. The fourth-order valence-electron chi connectivity index (χ4n) is 2.36. The number of tetrazole rings is 1. The zero-order chi connectivity index (χ0) is 20.5. The second-order valence-electron chi connectivity index (χ2n) is 5.93. The first kappa shape index (κ1) is 19.9.